The van der Waals surface area contributed by atoms with E-state index < -0.39 is 27.4 Å². The fourth-order valence-electron chi connectivity index (χ4n) is 0.893. The summed E-state index contributed by atoms with van der Waals surface area (Å²) in [6, 6.07) is 1.35. The van der Waals surface area contributed by atoms with Crippen LogP contribution >= 0.6 is 34.2 Å². The summed E-state index contributed by atoms with van der Waals surface area (Å²) in [5, 5.41) is 9.85. The van der Waals surface area contributed by atoms with Gasteiger partial charge in [-0.15, -0.1) is 0 Å². The molecule has 0 fully saturated rings. The number of rotatable bonds is 1. The molecule has 0 spiro atoms. The zero-order chi connectivity index (χ0) is 11.8. The Morgan fingerprint density at radius 3 is 2.33 bits per heavy atom. The Hall–Kier alpha value is -0.570. The Morgan fingerprint density at radius 2 is 1.93 bits per heavy atom. The Kier molecular flexibility index (Phi) is 3.44. The standard InChI is InChI=1S/C7H2ClF3INO2/c8-4-1-3(7(9,10)11)5(12)2-6(4)13(14)15/h1-2H. The van der Waals surface area contributed by atoms with Crippen LogP contribution in [-0.4, -0.2) is 4.92 Å². The summed E-state index contributed by atoms with van der Waals surface area (Å²) >= 11 is 6.74. The van der Waals surface area contributed by atoms with Crippen molar-refractivity contribution in [2.75, 3.05) is 0 Å². The van der Waals surface area contributed by atoms with Crippen molar-refractivity contribution in [1.29, 1.82) is 0 Å². The molecule has 0 heterocycles. The largest absolute Gasteiger partial charge is 0.417 e. The maximum Gasteiger partial charge on any atom is 0.417 e. The van der Waals surface area contributed by atoms with E-state index in [1.54, 1.807) is 0 Å². The zero-order valence-corrected chi connectivity index (χ0v) is 9.72. The van der Waals surface area contributed by atoms with E-state index >= 15 is 0 Å². The zero-order valence-electron chi connectivity index (χ0n) is 6.81. The molecule has 0 aromatic heterocycles. The van der Waals surface area contributed by atoms with Gasteiger partial charge in [0.25, 0.3) is 5.69 Å². The first kappa shape index (κ1) is 12.5. The quantitative estimate of drug-likeness (QED) is 0.438. The SMILES string of the molecule is O=[N+]([O-])c1cc(I)c(C(F)(F)F)cc1Cl. The third-order valence-corrected chi connectivity index (χ3v) is 2.73. The van der Waals surface area contributed by atoms with E-state index in [4.69, 9.17) is 11.6 Å². The minimum atomic E-state index is -4.56. The van der Waals surface area contributed by atoms with Gasteiger partial charge in [-0.1, -0.05) is 11.6 Å². The molecule has 0 atom stereocenters. The van der Waals surface area contributed by atoms with Crippen molar-refractivity contribution in [2.24, 2.45) is 0 Å². The van der Waals surface area contributed by atoms with Gasteiger partial charge in [0.1, 0.15) is 5.02 Å². The third kappa shape index (κ3) is 2.71. The Balaban J connectivity index is 3.39. The fraction of sp³-hybridized carbons (Fsp3) is 0.143. The lowest BCUT2D eigenvalue weighted by atomic mass is 10.2. The predicted octanol–water partition coefficient (Wildman–Crippen LogP) is 3.87. The maximum atomic E-state index is 12.3. The second kappa shape index (κ2) is 4.12. The molecule has 0 aliphatic heterocycles. The van der Waals surface area contributed by atoms with Gasteiger partial charge >= 0.3 is 6.18 Å². The van der Waals surface area contributed by atoms with E-state index in [0.717, 1.165) is 6.07 Å². The summed E-state index contributed by atoms with van der Waals surface area (Å²) in [4.78, 5) is 9.54. The first-order chi connectivity index (χ1) is 6.73. The van der Waals surface area contributed by atoms with Gasteiger partial charge < -0.3 is 0 Å². The number of benzene rings is 1. The molecule has 1 aromatic rings. The summed E-state index contributed by atoms with van der Waals surface area (Å²) in [6.07, 6.45) is -4.56. The van der Waals surface area contributed by atoms with Gasteiger partial charge in [-0.3, -0.25) is 10.1 Å². The molecule has 0 aliphatic carbocycles. The second-order valence-electron chi connectivity index (χ2n) is 2.54. The summed E-state index contributed by atoms with van der Waals surface area (Å²) in [7, 11) is 0. The van der Waals surface area contributed by atoms with Crippen LogP contribution in [0.25, 0.3) is 0 Å². The molecule has 0 unspecified atom stereocenters. The average molecular weight is 351 g/mol. The van der Waals surface area contributed by atoms with Crippen LogP contribution in [0.2, 0.25) is 5.02 Å². The minimum absolute atomic E-state index is 0.254. The van der Waals surface area contributed by atoms with Crippen LogP contribution in [0.3, 0.4) is 0 Å². The highest BCUT2D eigenvalue weighted by atomic mass is 127. The average Bonchev–Trinajstić information content (AvgIpc) is 2.06. The molecule has 1 rings (SSSR count). The van der Waals surface area contributed by atoms with Crippen LogP contribution in [0.15, 0.2) is 12.1 Å². The highest BCUT2D eigenvalue weighted by molar-refractivity contribution is 14.1. The van der Waals surface area contributed by atoms with Gasteiger partial charge in [-0.05, 0) is 28.7 Å². The second-order valence-corrected chi connectivity index (χ2v) is 4.11. The first-order valence-corrected chi connectivity index (χ1v) is 4.90. The molecule has 3 nitrogen and oxygen atoms in total. The van der Waals surface area contributed by atoms with Gasteiger partial charge in [0.05, 0.1) is 10.5 Å². The molecule has 0 amide bonds. The summed E-state index contributed by atoms with van der Waals surface area (Å²) in [6.45, 7) is 0. The molecule has 0 aliphatic rings. The van der Waals surface area contributed by atoms with Crippen molar-refractivity contribution in [1.82, 2.24) is 0 Å². The molecular formula is C7H2ClF3INO2. The van der Waals surface area contributed by atoms with Crippen molar-refractivity contribution < 1.29 is 18.1 Å². The molecule has 0 bridgehead atoms. The minimum Gasteiger partial charge on any atom is -0.258 e. The van der Waals surface area contributed by atoms with E-state index in [1.807, 2.05) is 0 Å². The monoisotopic (exact) mass is 351 g/mol. The molecule has 8 heteroatoms. The van der Waals surface area contributed by atoms with Crippen molar-refractivity contribution in [3.05, 3.63) is 36.4 Å². The van der Waals surface area contributed by atoms with Crippen LogP contribution in [0, 0.1) is 13.7 Å². The third-order valence-electron chi connectivity index (χ3n) is 1.54. The van der Waals surface area contributed by atoms with E-state index in [1.165, 1.54) is 22.6 Å². The number of hydrogen-bond donors (Lipinski definition) is 0. The van der Waals surface area contributed by atoms with E-state index in [9.17, 15) is 23.3 Å². The lowest BCUT2D eigenvalue weighted by Crippen LogP contribution is -2.08. The highest BCUT2D eigenvalue weighted by Crippen LogP contribution is 2.37. The van der Waals surface area contributed by atoms with E-state index in [0.29, 0.717) is 6.07 Å². The van der Waals surface area contributed by atoms with Gasteiger partial charge in [-0.2, -0.15) is 13.2 Å². The smallest absolute Gasteiger partial charge is 0.258 e. The number of hydrogen-bond acceptors (Lipinski definition) is 2. The molecule has 15 heavy (non-hydrogen) atoms. The van der Waals surface area contributed by atoms with Gasteiger partial charge in [0.2, 0.25) is 0 Å². The number of halogens is 5. The van der Waals surface area contributed by atoms with Gasteiger partial charge in [0, 0.05) is 9.64 Å². The summed E-state index contributed by atoms with van der Waals surface area (Å²) in [5.74, 6) is 0. The number of nitro groups is 1. The predicted molar refractivity (Wildman–Crippen MR) is 55.8 cm³/mol. The number of nitrogens with zero attached hydrogens (tertiary/aromatic N) is 1. The van der Waals surface area contributed by atoms with Crippen molar-refractivity contribution in [3.8, 4) is 0 Å². The maximum absolute atomic E-state index is 12.3. The highest BCUT2D eigenvalue weighted by Gasteiger charge is 2.34. The van der Waals surface area contributed by atoms with Crippen LogP contribution in [0.5, 0.6) is 0 Å². The summed E-state index contributed by atoms with van der Waals surface area (Å²) < 4.78 is 36.7. The molecule has 1 aromatic carbocycles. The molecule has 0 N–H and O–H groups in total. The van der Waals surface area contributed by atoms with Gasteiger partial charge in [0.15, 0.2) is 0 Å². The topological polar surface area (TPSA) is 43.1 Å². The Bertz CT molecular complexity index is 421. The number of alkyl halides is 3. The molecule has 82 valence electrons. The lowest BCUT2D eigenvalue weighted by Gasteiger charge is -2.09. The van der Waals surface area contributed by atoms with Crippen LogP contribution < -0.4 is 0 Å². The van der Waals surface area contributed by atoms with Crippen molar-refractivity contribution >= 4 is 39.9 Å². The molecular weight excluding hydrogens is 349 g/mol. The van der Waals surface area contributed by atoms with Crippen LogP contribution in [0.4, 0.5) is 18.9 Å². The van der Waals surface area contributed by atoms with Crippen LogP contribution in [0.1, 0.15) is 5.56 Å². The van der Waals surface area contributed by atoms with Crippen molar-refractivity contribution in [3.63, 3.8) is 0 Å². The Morgan fingerprint density at radius 1 is 1.40 bits per heavy atom. The molecule has 0 saturated carbocycles. The fourth-order valence-corrected chi connectivity index (χ4v) is 1.88. The first-order valence-electron chi connectivity index (χ1n) is 3.44. The Labute approximate surface area is 101 Å². The molecule has 0 saturated heterocycles. The number of nitro benzene ring substituents is 1. The summed E-state index contributed by atoms with van der Waals surface area (Å²) in [5.41, 5.74) is -1.51. The van der Waals surface area contributed by atoms with E-state index in [-0.39, 0.29) is 3.57 Å². The molecule has 0 radical (unpaired) electrons. The lowest BCUT2D eigenvalue weighted by molar-refractivity contribution is -0.384. The normalized spacial score (nSPS) is 11.5. The van der Waals surface area contributed by atoms with E-state index in [2.05, 4.69) is 0 Å². The van der Waals surface area contributed by atoms with Crippen LogP contribution in [-0.2, 0) is 6.18 Å². The van der Waals surface area contributed by atoms with Gasteiger partial charge in [-0.25, -0.2) is 0 Å². The van der Waals surface area contributed by atoms with Crippen molar-refractivity contribution in [2.45, 2.75) is 6.18 Å².